The predicted octanol–water partition coefficient (Wildman–Crippen LogP) is 5.24. The van der Waals surface area contributed by atoms with Gasteiger partial charge in [0, 0.05) is 0 Å². The molecule has 3 rings (SSSR count). The van der Waals surface area contributed by atoms with Gasteiger partial charge in [0.25, 0.3) is 0 Å². The fourth-order valence-corrected chi connectivity index (χ4v) is 5.10. The van der Waals surface area contributed by atoms with Crippen LogP contribution in [0.1, 0.15) is 20.8 Å². The Hall–Kier alpha value is -2.60. The molecule has 0 unspecified atom stereocenters. The van der Waals surface area contributed by atoms with Gasteiger partial charge in [-0.25, -0.2) is 0 Å². The molecule has 0 atom stereocenters. The molecule has 0 aliphatic rings. The highest BCUT2D eigenvalue weighted by Crippen LogP contribution is 2.32. The van der Waals surface area contributed by atoms with E-state index in [4.69, 9.17) is 4.55 Å². The van der Waals surface area contributed by atoms with E-state index < -0.39 is 29.9 Å². The van der Waals surface area contributed by atoms with Crippen LogP contribution in [-0.2, 0) is 14.9 Å². The summed E-state index contributed by atoms with van der Waals surface area (Å²) in [4.78, 5) is 0. The summed E-state index contributed by atoms with van der Waals surface area (Å²) in [7, 11) is -5.85. The van der Waals surface area contributed by atoms with Crippen molar-refractivity contribution < 1.29 is 26.5 Å². The van der Waals surface area contributed by atoms with Gasteiger partial charge in [-0.05, 0) is 50.2 Å². The van der Waals surface area contributed by atoms with E-state index in [1.54, 1.807) is 13.8 Å². The maximum atomic E-state index is 12.6. The van der Waals surface area contributed by atoms with Gasteiger partial charge in [0.05, 0.1) is 5.76 Å². The highest BCUT2D eigenvalue weighted by molar-refractivity contribution is 7.86. The highest BCUT2D eigenvalue weighted by Gasteiger charge is 2.45. The lowest BCUT2D eigenvalue weighted by Gasteiger charge is -2.18. The van der Waals surface area contributed by atoms with E-state index in [9.17, 15) is 17.2 Å². The average Bonchev–Trinajstić information content (AvgIpc) is 2.79. The smallest absolute Gasteiger partial charge is 0.402 e. The molecule has 176 valence electrons. The second-order valence-corrected chi connectivity index (χ2v) is 11.1. The molecular formula is C25H27F2O4PS. The summed E-state index contributed by atoms with van der Waals surface area (Å²) in [5.41, 5.74) is 0.649. The zero-order valence-electron chi connectivity index (χ0n) is 18.7. The normalized spacial score (nSPS) is 11.4. The lowest BCUT2D eigenvalue weighted by atomic mass is 10.3. The van der Waals surface area contributed by atoms with E-state index in [2.05, 4.69) is 95.7 Å². The molecule has 0 fully saturated rings. The van der Waals surface area contributed by atoms with Crippen LogP contribution in [0.5, 0.6) is 0 Å². The van der Waals surface area contributed by atoms with Crippen molar-refractivity contribution in [3.63, 3.8) is 0 Å². The van der Waals surface area contributed by atoms with Gasteiger partial charge in [-0.2, -0.15) is 17.2 Å². The van der Waals surface area contributed by atoms with Crippen LogP contribution in [0.3, 0.4) is 0 Å². The molecule has 4 nitrogen and oxygen atoms in total. The molecule has 0 amide bonds. The van der Waals surface area contributed by atoms with Gasteiger partial charge in [-0.1, -0.05) is 91.0 Å². The number of hydrogen-bond acceptors (Lipinski definition) is 3. The maximum absolute atomic E-state index is 12.6. The second kappa shape index (κ2) is 12.0. The molecule has 8 heteroatoms. The first kappa shape index (κ1) is 26.7. The largest absolute Gasteiger partial charge is 0.491 e. The van der Waals surface area contributed by atoms with Crippen molar-refractivity contribution in [3.8, 4) is 0 Å². The van der Waals surface area contributed by atoms with Gasteiger partial charge < -0.3 is 4.74 Å². The van der Waals surface area contributed by atoms with Crippen LogP contribution in [0, 0.1) is 0 Å². The molecular weight excluding hydrogens is 465 g/mol. The summed E-state index contributed by atoms with van der Waals surface area (Å²) in [5.74, 6) is 0.202. The van der Waals surface area contributed by atoms with Crippen LogP contribution in [0.2, 0.25) is 0 Å². The van der Waals surface area contributed by atoms with E-state index in [1.165, 1.54) is 22.8 Å². The third kappa shape index (κ3) is 8.04. The Morgan fingerprint density at radius 2 is 1.12 bits per heavy atom. The topological polar surface area (TPSA) is 63.6 Å². The van der Waals surface area contributed by atoms with E-state index in [1.807, 2.05) is 0 Å². The first-order valence-electron chi connectivity index (χ1n) is 10.1. The molecule has 0 aromatic heterocycles. The third-order valence-electron chi connectivity index (χ3n) is 4.58. The summed E-state index contributed by atoms with van der Waals surface area (Å²) in [6.07, 6.45) is 0. The lowest BCUT2D eigenvalue weighted by Crippen LogP contribution is -2.33. The molecule has 3 aromatic carbocycles. The lowest BCUT2D eigenvalue weighted by molar-refractivity contribution is 0.00317. The third-order valence-corrected chi connectivity index (χ3v) is 7.90. The van der Waals surface area contributed by atoms with Gasteiger partial charge in [-0.15, -0.1) is 0 Å². The average molecular weight is 493 g/mol. The fraction of sp³-hybridized carbons (Fsp3) is 0.200. The van der Waals surface area contributed by atoms with Gasteiger partial charge in [0.15, 0.2) is 6.61 Å². The fourth-order valence-electron chi connectivity index (χ4n) is 2.59. The van der Waals surface area contributed by atoms with Crippen LogP contribution in [0.25, 0.3) is 0 Å². The molecule has 0 saturated carbocycles. The number of hydrogen-bond donors (Lipinski definition) is 1. The minimum atomic E-state index is -5.40. The van der Waals surface area contributed by atoms with Gasteiger partial charge in [0.1, 0.15) is 0 Å². The van der Waals surface area contributed by atoms with Crippen molar-refractivity contribution in [3.05, 3.63) is 102 Å². The van der Waals surface area contributed by atoms with Gasteiger partial charge >= 0.3 is 15.4 Å². The van der Waals surface area contributed by atoms with Crippen molar-refractivity contribution in [2.24, 2.45) is 0 Å². The van der Waals surface area contributed by atoms with Crippen molar-refractivity contribution >= 4 is 34.0 Å². The van der Waals surface area contributed by atoms with E-state index in [0.29, 0.717) is 5.57 Å². The van der Waals surface area contributed by atoms with Crippen molar-refractivity contribution in [2.45, 2.75) is 26.0 Å². The first-order valence-corrected chi connectivity index (χ1v) is 12.9. The van der Waals surface area contributed by atoms with Crippen molar-refractivity contribution in [1.29, 1.82) is 0 Å². The standard InChI is InChI=1S/C18H15P.C7H12F2O4S/c1-4-10-16(11-5-1)19(17-12-6-2-7-13-17)18-14-8-3-9-15-18;1-5(2)6(3)13-4-7(8,9)14(10,11)12/h1-15H;4H2,1-3H3,(H,10,11,12). The molecule has 0 bridgehead atoms. The van der Waals surface area contributed by atoms with Gasteiger partial charge in [-0.3, -0.25) is 4.55 Å². The van der Waals surface area contributed by atoms with E-state index >= 15 is 0 Å². The summed E-state index contributed by atoms with van der Waals surface area (Å²) >= 11 is 0. The Kier molecular flexibility index (Phi) is 9.71. The highest BCUT2D eigenvalue weighted by atomic mass is 32.2. The van der Waals surface area contributed by atoms with Crippen LogP contribution < -0.4 is 15.9 Å². The maximum Gasteiger partial charge on any atom is 0.402 e. The number of alkyl halides is 2. The van der Waals surface area contributed by atoms with Gasteiger partial charge in [0.2, 0.25) is 0 Å². The quantitative estimate of drug-likeness (QED) is 0.278. The first-order chi connectivity index (χ1) is 15.5. The van der Waals surface area contributed by atoms with E-state index in [0.717, 1.165) is 0 Å². The van der Waals surface area contributed by atoms with Crippen LogP contribution in [0.4, 0.5) is 8.78 Å². The van der Waals surface area contributed by atoms with Crippen LogP contribution in [0.15, 0.2) is 102 Å². The van der Waals surface area contributed by atoms with Crippen LogP contribution >= 0.6 is 7.92 Å². The zero-order valence-corrected chi connectivity index (χ0v) is 20.4. The number of benzene rings is 3. The molecule has 1 N–H and O–H groups in total. The molecule has 33 heavy (non-hydrogen) atoms. The molecule has 0 aliphatic carbocycles. The Morgan fingerprint density at radius 1 is 0.788 bits per heavy atom. The molecule has 0 radical (unpaired) electrons. The molecule has 0 aliphatic heterocycles. The minimum absolute atomic E-state index is 0.202. The SMILES string of the molecule is CC(C)=C(C)OCC(F)(F)S(=O)(=O)O.c1ccc(P(c2ccccc2)c2ccccc2)cc1. The number of allylic oxidation sites excluding steroid dienone is 2. The summed E-state index contributed by atoms with van der Waals surface area (Å²) < 4.78 is 58.0. The summed E-state index contributed by atoms with van der Waals surface area (Å²) in [5, 5.41) is -0.0799. The van der Waals surface area contributed by atoms with Crippen molar-refractivity contribution in [1.82, 2.24) is 0 Å². The Morgan fingerprint density at radius 3 is 1.39 bits per heavy atom. The monoisotopic (exact) mass is 492 g/mol. The molecule has 3 aromatic rings. The Balaban J connectivity index is 0.000000248. The second-order valence-electron chi connectivity index (χ2n) is 7.30. The predicted molar refractivity (Wildman–Crippen MR) is 132 cm³/mol. The van der Waals surface area contributed by atoms with Crippen LogP contribution in [-0.4, -0.2) is 24.8 Å². The van der Waals surface area contributed by atoms with E-state index in [-0.39, 0.29) is 5.76 Å². The molecule has 0 spiro atoms. The Bertz CT molecular complexity index is 1040. The number of ether oxygens (including phenoxy) is 1. The summed E-state index contributed by atoms with van der Waals surface area (Å²) in [6, 6.07) is 32.3. The molecule has 0 heterocycles. The number of halogens is 2. The zero-order chi connectivity index (χ0) is 24.5. The molecule has 0 saturated heterocycles. The van der Waals surface area contributed by atoms with Crippen molar-refractivity contribution in [2.75, 3.05) is 6.61 Å². The Labute approximate surface area is 195 Å². The summed E-state index contributed by atoms with van der Waals surface area (Å²) in [6.45, 7) is 3.29. The minimum Gasteiger partial charge on any atom is -0.491 e. The number of rotatable bonds is 7.